The highest BCUT2D eigenvalue weighted by Crippen LogP contribution is 2.36. The van der Waals surface area contributed by atoms with Gasteiger partial charge in [0.15, 0.2) is 5.60 Å². The van der Waals surface area contributed by atoms with Gasteiger partial charge in [0, 0.05) is 25.9 Å². The molecule has 142 valence electrons. The average molecular weight is 372 g/mol. The highest BCUT2D eigenvalue weighted by molar-refractivity contribution is 6.03. The van der Waals surface area contributed by atoms with Crippen molar-refractivity contribution in [3.8, 4) is 11.8 Å². The molecule has 3 heterocycles. The Morgan fingerprint density at radius 3 is 2.27 bits per heavy atom. The van der Waals surface area contributed by atoms with Gasteiger partial charge in [-0.2, -0.15) is 9.97 Å². The number of rotatable bonds is 5. The quantitative estimate of drug-likeness (QED) is 0.758. The number of amides is 2. The first-order chi connectivity index (χ1) is 12.4. The first kappa shape index (κ1) is 18.1. The molecule has 2 aliphatic heterocycles. The summed E-state index contributed by atoms with van der Waals surface area (Å²) in [6, 6.07) is 1.53. The van der Waals surface area contributed by atoms with Crippen LogP contribution in [0.25, 0.3) is 0 Å². The Labute approximate surface area is 147 Å². The van der Waals surface area contributed by atoms with E-state index in [0.717, 1.165) is 0 Å². The van der Waals surface area contributed by atoms with E-state index >= 15 is 0 Å². The number of hydrogen-bond donors (Lipinski definition) is 0. The molecule has 2 amide bonds. The molecular formula is C15H18F2N4O5. The van der Waals surface area contributed by atoms with Gasteiger partial charge >= 0.3 is 6.09 Å². The van der Waals surface area contributed by atoms with Crippen molar-refractivity contribution in [3.05, 3.63) is 6.07 Å². The van der Waals surface area contributed by atoms with Crippen molar-refractivity contribution >= 4 is 17.9 Å². The Morgan fingerprint density at radius 1 is 1.19 bits per heavy atom. The summed E-state index contributed by atoms with van der Waals surface area (Å²) in [5.41, 5.74) is -1.40. The average Bonchev–Trinajstić information content (AvgIpc) is 2.85. The minimum Gasteiger partial charge on any atom is -0.481 e. The van der Waals surface area contributed by atoms with Gasteiger partial charge in [0.25, 0.3) is 12.3 Å². The zero-order chi connectivity index (χ0) is 18.9. The maximum Gasteiger partial charge on any atom is 0.417 e. The normalized spacial score (nSPS) is 19.3. The lowest BCUT2D eigenvalue weighted by Crippen LogP contribution is -2.51. The van der Waals surface area contributed by atoms with E-state index in [9.17, 15) is 18.4 Å². The van der Waals surface area contributed by atoms with E-state index in [4.69, 9.17) is 14.2 Å². The summed E-state index contributed by atoms with van der Waals surface area (Å²) in [7, 11) is 2.93. The van der Waals surface area contributed by atoms with Crippen LogP contribution in [0.2, 0.25) is 0 Å². The Balaban J connectivity index is 1.73. The number of carbonyl (C=O) groups excluding carboxylic acids is 2. The van der Waals surface area contributed by atoms with E-state index in [1.54, 1.807) is 4.90 Å². The maximum atomic E-state index is 12.6. The number of hydrogen-bond acceptors (Lipinski definition) is 8. The molecule has 0 atom stereocenters. The number of piperidine rings is 1. The van der Waals surface area contributed by atoms with Gasteiger partial charge in [-0.05, 0) is 0 Å². The molecule has 1 aromatic heterocycles. The van der Waals surface area contributed by atoms with Gasteiger partial charge in [-0.15, -0.1) is 0 Å². The van der Waals surface area contributed by atoms with Crippen molar-refractivity contribution in [1.29, 1.82) is 0 Å². The molecule has 0 N–H and O–H groups in total. The van der Waals surface area contributed by atoms with E-state index in [0.29, 0.717) is 35.7 Å². The molecule has 3 rings (SSSR count). The van der Waals surface area contributed by atoms with Gasteiger partial charge in [0.05, 0.1) is 26.8 Å². The SMILES string of the molecule is COc1cc(OC)nc(N2CCC3(CC2)OC(=O)N(CC(F)F)C3=O)n1. The Bertz CT molecular complexity index is 687. The minimum absolute atomic E-state index is 0.153. The number of anilines is 1. The van der Waals surface area contributed by atoms with E-state index in [1.807, 2.05) is 0 Å². The predicted octanol–water partition coefficient (Wildman–Crippen LogP) is 1.08. The number of carbonyl (C=O) groups is 2. The summed E-state index contributed by atoms with van der Waals surface area (Å²) in [5.74, 6) is 0.265. The summed E-state index contributed by atoms with van der Waals surface area (Å²) >= 11 is 0. The highest BCUT2D eigenvalue weighted by Gasteiger charge is 2.55. The second kappa shape index (κ2) is 6.89. The van der Waals surface area contributed by atoms with Gasteiger partial charge in [-0.25, -0.2) is 18.5 Å². The van der Waals surface area contributed by atoms with Crippen molar-refractivity contribution in [2.75, 3.05) is 38.8 Å². The van der Waals surface area contributed by atoms with Crippen molar-refractivity contribution < 1.29 is 32.6 Å². The molecular weight excluding hydrogens is 354 g/mol. The van der Waals surface area contributed by atoms with Crippen LogP contribution in [0.5, 0.6) is 11.8 Å². The molecule has 26 heavy (non-hydrogen) atoms. The molecule has 0 saturated carbocycles. The lowest BCUT2D eigenvalue weighted by atomic mass is 9.90. The fraction of sp³-hybridized carbons (Fsp3) is 0.600. The van der Waals surface area contributed by atoms with Gasteiger partial charge in [0.2, 0.25) is 17.7 Å². The summed E-state index contributed by atoms with van der Waals surface area (Å²) in [4.78, 5) is 35.0. The van der Waals surface area contributed by atoms with Crippen LogP contribution in [0, 0.1) is 0 Å². The molecule has 2 fully saturated rings. The van der Waals surface area contributed by atoms with Crippen LogP contribution >= 0.6 is 0 Å². The molecule has 2 aliphatic rings. The summed E-state index contributed by atoms with van der Waals surface area (Å²) in [6.45, 7) is -0.352. The van der Waals surface area contributed by atoms with Crippen molar-refractivity contribution in [3.63, 3.8) is 0 Å². The van der Waals surface area contributed by atoms with E-state index in [1.165, 1.54) is 20.3 Å². The van der Waals surface area contributed by atoms with E-state index in [2.05, 4.69) is 9.97 Å². The molecule has 0 unspecified atom stereocenters. The molecule has 1 spiro atoms. The van der Waals surface area contributed by atoms with Crippen molar-refractivity contribution in [2.24, 2.45) is 0 Å². The highest BCUT2D eigenvalue weighted by atomic mass is 19.3. The number of aromatic nitrogens is 2. The third-order valence-corrected chi connectivity index (χ3v) is 4.40. The Morgan fingerprint density at radius 2 is 1.77 bits per heavy atom. The smallest absolute Gasteiger partial charge is 0.417 e. The fourth-order valence-corrected chi connectivity index (χ4v) is 3.02. The maximum absolute atomic E-state index is 12.6. The lowest BCUT2D eigenvalue weighted by molar-refractivity contribution is -0.139. The van der Waals surface area contributed by atoms with Gasteiger partial charge in [-0.3, -0.25) is 4.79 Å². The molecule has 0 radical (unpaired) electrons. The molecule has 1 aromatic rings. The van der Waals surface area contributed by atoms with Gasteiger partial charge in [-0.1, -0.05) is 0 Å². The minimum atomic E-state index is -2.81. The van der Waals surface area contributed by atoms with Crippen LogP contribution in [0.1, 0.15) is 12.8 Å². The third-order valence-electron chi connectivity index (χ3n) is 4.40. The molecule has 11 heteroatoms. The Hall–Kier alpha value is -2.72. The lowest BCUT2D eigenvalue weighted by Gasteiger charge is -2.36. The number of imide groups is 1. The van der Waals surface area contributed by atoms with Gasteiger partial charge in [0.1, 0.15) is 0 Å². The van der Waals surface area contributed by atoms with E-state index < -0.39 is 30.6 Å². The Kier molecular flexibility index (Phi) is 4.79. The standard InChI is InChI=1S/C15H18F2N4O5/c1-24-10-7-11(25-2)19-13(18-10)20-5-3-15(4-6-20)12(22)21(8-9(16)17)14(23)26-15/h7,9H,3-6,8H2,1-2H3. The zero-order valence-corrected chi connectivity index (χ0v) is 14.3. The number of nitrogens with zero attached hydrogens (tertiary/aromatic N) is 4. The van der Waals surface area contributed by atoms with Crippen LogP contribution in [0.15, 0.2) is 6.07 Å². The predicted molar refractivity (Wildman–Crippen MR) is 83.5 cm³/mol. The van der Waals surface area contributed by atoms with Crippen LogP contribution in [0.4, 0.5) is 19.5 Å². The van der Waals surface area contributed by atoms with Crippen LogP contribution in [-0.4, -0.2) is 72.7 Å². The number of halogens is 2. The second-order valence-electron chi connectivity index (χ2n) is 5.91. The number of methoxy groups -OCH3 is 2. The topological polar surface area (TPSA) is 94.1 Å². The number of alkyl halides is 2. The fourth-order valence-electron chi connectivity index (χ4n) is 3.02. The number of ether oxygens (including phenoxy) is 3. The first-order valence-corrected chi connectivity index (χ1v) is 7.93. The molecule has 0 bridgehead atoms. The summed E-state index contributed by atoms with van der Waals surface area (Å²) < 4.78 is 40.5. The summed E-state index contributed by atoms with van der Waals surface area (Å²) in [5, 5.41) is 0. The largest absolute Gasteiger partial charge is 0.481 e. The summed E-state index contributed by atoms with van der Waals surface area (Å²) in [6.07, 6.45) is -3.53. The van der Waals surface area contributed by atoms with Crippen LogP contribution in [0.3, 0.4) is 0 Å². The van der Waals surface area contributed by atoms with Crippen molar-refractivity contribution in [1.82, 2.24) is 14.9 Å². The van der Waals surface area contributed by atoms with Crippen molar-refractivity contribution in [2.45, 2.75) is 24.9 Å². The first-order valence-electron chi connectivity index (χ1n) is 7.93. The third kappa shape index (κ3) is 3.20. The van der Waals surface area contributed by atoms with Crippen LogP contribution in [-0.2, 0) is 9.53 Å². The molecule has 0 aromatic carbocycles. The van der Waals surface area contributed by atoms with Crippen LogP contribution < -0.4 is 14.4 Å². The zero-order valence-electron chi connectivity index (χ0n) is 14.3. The van der Waals surface area contributed by atoms with E-state index in [-0.39, 0.29) is 12.8 Å². The molecule has 0 aliphatic carbocycles. The monoisotopic (exact) mass is 372 g/mol. The molecule has 9 nitrogen and oxygen atoms in total. The molecule has 2 saturated heterocycles. The van der Waals surface area contributed by atoms with Gasteiger partial charge < -0.3 is 19.1 Å². The second-order valence-corrected chi connectivity index (χ2v) is 5.91.